The van der Waals surface area contributed by atoms with Gasteiger partial charge in [0.15, 0.2) is 0 Å². The monoisotopic (exact) mass is 342 g/mol. The van der Waals surface area contributed by atoms with Crippen molar-refractivity contribution >= 4 is 40.0 Å². The van der Waals surface area contributed by atoms with Crippen molar-refractivity contribution in [1.29, 1.82) is 0 Å². The van der Waals surface area contributed by atoms with Gasteiger partial charge in [0.2, 0.25) is 0 Å². The molecule has 124 valence electrons. The van der Waals surface area contributed by atoms with Crippen LogP contribution in [0.2, 0.25) is 0 Å². The zero-order valence-corrected chi connectivity index (χ0v) is 13.4. The molecule has 0 fully saturated rings. The molecule has 0 radical (unpaired) electrons. The first-order chi connectivity index (χ1) is 9.93. The summed E-state index contributed by atoms with van der Waals surface area (Å²) in [6, 6.07) is 10.1. The summed E-state index contributed by atoms with van der Waals surface area (Å²) in [4.78, 5) is 0. The van der Waals surface area contributed by atoms with Crippen LogP contribution in [0.5, 0.6) is 5.75 Å². The Balaban J connectivity index is 0. The number of ether oxygens (including phenoxy) is 1. The summed E-state index contributed by atoms with van der Waals surface area (Å²) in [5, 5.41) is 0. The average Bonchev–Trinajstić information content (AvgIpc) is 2.41. The van der Waals surface area contributed by atoms with Crippen molar-refractivity contribution in [3.8, 4) is 5.75 Å². The van der Waals surface area contributed by atoms with Crippen LogP contribution in [0.4, 0.5) is 0 Å². The first-order valence-corrected chi connectivity index (χ1v) is 8.71. The molecule has 0 saturated carbocycles. The van der Waals surface area contributed by atoms with Crippen LogP contribution in [0.1, 0.15) is 51.9 Å². The van der Waals surface area contributed by atoms with Crippen molar-refractivity contribution in [1.82, 2.24) is 0 Å². The van der Waals surface area contributed by atoms with Crippen molar-refractivity contribution in [2.75, 3.05) is 6.61 Å². The molecule has 0 atom stereocenters. The van der Waals surface area contributed by atoms with Gasteiger partial charge in [-0.3, -0.25) is 9.11 Å². The zero-order chi connectivity index (χ0) is 16.0. The number of hydrogen-bond acceptors (Lipinski definition) is 3. The molecule has 5 nitrogen and oxygen atoms in total. The van der Waals surface area contributed by atoms with Gasteiger partial charge >= 0.3 is 40.0 Å². The van der Waals surface area contributed by atoms with Crippen LogP contribution in [0.15, 0.2) is 30.3 Å². The molecule has 0 unspecified atom stereocenters. The van der Waals surface area contributed by atoms with Gasteiger partial charge in [-0.1, -0.05) is 63.6 Å². The molecule has 7 heteroatoms. The molecule has 1 aromatic carbocycles. The number of rotatable bonds is 9. The van der Waals surface area contributed by atoms with Crippen LogP contribution in [0, 0.1) is 0 Å². The summed E-state index contributed by atoms with van der Waals surface area (Å²) >= 11 is 0. The van der Waals surface area contributed by atoms with Gasteiger partial charge in [-0.15, -0.1) is 0 Å². The molecule has 0 aliphatic carbocycles. The topological polar surface area (TPSA) is 83.8 Å². The molecule has 0 aromatic heterocycles. The molecule has 0 spiro atoms. The molecule has 1 aromatic rings. The van der Waals surface area contributed by atoms with Gasteiger partial charge in [0.05, 0.1) is 6.61 Å². The van der Waals surface area contributed by atoms with E-state index in [0.717, 1.165) is 12.4 Å². The molecule has 0 amide bonds. The summed E-state index contributed by atoms with van der Waals surface area (Å²) in [5.41, 5.74) is 0. The Morgan fingerprint density at radius 3 is 1.86 bits per heavy atom. The van der Waals surface area contributed by atoms with E-state index >= 15 is 0 Å². The van der Waals surface area contributed by atoms with Crippen molar-refractivity contribution in [3.05, 3.63) is 30.3 Å². The molecule has 2 N–H and O–H groups in total. The van der Waals surface area contributed by atoms with E-state index in [1.165, 1.54) is 44.9 Å². The third kappa shape index (κ3) is 22.2. The molecular weight excluding hydrogens is 315 g/mol. The van der Waals surface area contributed by atoms with Gasteiger partial charge in [0.25, 0.3) is 0 Å². The standard InChI is InChI=1S/C15H24O.Na.H2O4S.H/c1-2-3-4-5-6-7-11-14-16-15-12-9-8-10-13-15;;1-5(2,3)4;/h8-10,12-13H,2-7,11,14H2,1H3;;(H2,1,2,3,4);. The van der Waals surface area contributed by atoms with Crippen molar-refractivity contribution in [3.63, 3.8) is 0 Å². The van der Waals surface area contributed by atoms with Crippen LogP contribution < -0.4 is 4.74 Å². The van der Waals surface area contributed by atoms with E-state index in [1.54, 1.807) is 0 Å². The van der Waals surface area contributed by atoms with Crippen LogP contribution in [-0.4, -0.2) is 53.7 Å². The molecule has 0 aliphatic heterocycles. The van der Waals surface area contributed by atoms with Gasteiger partial charge < -0.3 is 4.74 Å². The van der Waals surface area contributed by atoms with E-state index in [9.17, 15) is 0 Å². The Hall–Kier alpha value is -0.110. The summed E-state index contributed by atoms with van der Waals surface area (Å²) < 4.78 is 37.2. The van der Waals surface area contributed by atoms with Crippen LogP contribution in [-0.2, 0) is 10.4 Å². The van der Waals surface area contributed by atoms with Crippen molar-refractivity contribution < 1.29 is 22.3 Å². The molecular formula is C15H27NaO5S. The van der Waals surface area contributed by atoms with Gasteiger partial charge in [-0.25, -0.2) is 0 Å². The summed E-state index contributed by atoms with van der Waals surface area (Å²) in [5.74, 6) is 0.994. The van der Waals surface area contributed by atoms with Gasteiger partial charge in [-0.2, -0.15) is 8.42 Å². The quantitative estimate of drug-likeness (QED) is 0.407. The Bertz CT molecular complexity index is 429. The first-order valence-electron chi connectivity index (χ1n) is 7.31. The fraction of sp³-hybridized carbons (Fsp3) is 0.600. The molecule has 22 heavy (non-hydrogen) atoms. The number of benzene rings is 1. The number of para-hydroxylation sites is 1. The Morgan fingerprint density at radius 2 is 1.36 bits per heavy atom. The maximum atomic E-state index is 8.74. The van der Waals surface area contributed by atoms with E-state index in [0.29, 0.717) is 0 Å². The normalized spacial score (nSPS) is 10.1. The molecule has 1 rings (SSSR count). The number of unbranched alkanes of at least 4 members (excludes halogenated alkanes) is 6. The summed E-state index contributed by atoms with van der Waals surface area (Å²) in [6.45, 7) is 3.12. The van der Waals surface area contributed by atoms with E-state index in [4.69, 9.17) is 22.3 Å². The van der Waals surface area contributed by atoms with Crippen LogP contribution in [0.3, 0.4) is 0 Å². The van der Waals surface area contributed by atoms with E-state index in [-0.39, 0.29) is 29.6 Å². The van der Waals surface area contributed by atoms with Crippen molar-refractivity contribution in [2.24, 2.45) is 0 Å². The minimum atomic E-state index is -4.67. The fourth-order valence-corrected chi connectivity index (χ4v) is 1.77. The van der Waals surface area contributed by atoms with E-state index < -0.39 is 10.4 Å². The Kier molecular flexibility index (Phi) is 17.3. The second-order valence-corrected chi connectivity index (χ2v) is 5.63. The minimum absolute atomic E-state index is 0. The third-order valence-electron chi connectivity index (χ3n) is 2.76. The maximum absolute atomic E-state index is 8.74. The van der Waals surface area contributed by atoms with E-state index in [2.05, 4.69) is 6.92 Å². The van der Waals surface area contributed by atoms with Gasteiger partial charge in [-0.05, 0) is 18.6 Å². The third-order valence-corrected chi connectivity index (χ3v) is 2.76. The Labute approximate surface area is 156 Å². The first kappa shape index (κ1) is 24.1. The average molecular weight is 342 g/mol. The fourth-order valence-electron chi connectivity index (χ4n) is 1.77. The molecule has 0 aliphatic rings. The van der Waals surface area contributed by atoms with Crippen LogP contribution in [0.25, 0.3) is 0 Å². The Morgan fingerprint density at radius 1 is 0.909 bits per heavy atom. The summed E-state index contributed by atoms with van der Waals surface area (Å²) in [7, 11) is -4.67. The second-order valence-electron chi connectivity index (χ2n) is 4.73. The molecule has 0 heterocycles. The van der Waals surface area contributed by atoms with Gasteiger partial charge in [0, 0.05) is 0 Å². The number of hydrogen-bond donors (Lipinski definition) is 2. The van der Waals surface area contributed by atoms with Crippen molar-refractivity contribution in [2.45, 2.75) is 51.9 Å². The zero-order valence-electron chi connectivity index (χ0n) is 12.6. The molecule has 0 saturated heterocycles. The molecule has 0 bridgehead atoms. The summed E-state index contributed by atoms with van der Waals surface area (Å²) in [6.07, 6.45) is 9.35. The second kappa shape index (κ2) is 15.8. The predicted molar refractivity (Wildman–Crippen MR) is 91.3 cm³/mol. The van der Waals surface area contributed by atoms with Crippen LogP contribution >= 0.6 is 0 Å². The predicted octanol–water partition coefficient (Wildman–Crippen LogP) is 3.51. The van der Waals surface area contributed by atoms with E-state index in [1.807, 2.05) is 30.3 Å². The SMILES string of the molecule is CCCCCCCCCOc1ccccc1.O=S(=O)(O)O.[NaH]. The van der Waals surface area contributed by atoms with Gasteiger partial charge in [0.1, 0.15) is 5.75 Å².